The first kappa shape index (κ1) is 17.5. The summed E-state index contributed by atoms with van der Waals surface area (Å²) >= 11 is 0. The van der Waals surface area contributed by atoms with Crippen LogP contribution in [-0.2, 0) is 6.61 Å². The number of benzene rings is 1. The molecule has 3 aromatic rings. The smallest absolute Gasteiger partial charge is 0.257 e. The fourth-order valence-electron chi connectivity index (χ4n) is 3.47. The van der Waals surface area contributed by atoms with Gasteiger partial charge in [-0.25, -0.2) is 4.98 Å². The van der Waals surface area contributed by atoms with Crippen LogP contribution in [0.4, 0.5) is 0 Å². The van der Waals surface area contributed by atoms with Crippen LogP contribution in [0.5, 0.6) is 5.75 Å². The van der Waals surface area contributed by atoms with Crippen molar-refractivity contribution in [1.29, 1.82) is 0 Å². The minimum absolute atomic E-state index is 0.00933. The van der Waals surface area contributed by atoms with Crippen molar-refractivity contribution in [3.8, 4) is 5.75 Å². The molecular formula is C21H24N4O2. The molecule has 0 spiro atoms. The predicted octanol–water partition coefficient (Wildman–Crippen LogP) is 2.66. The monoisotopic (exact) mass is 364 g/mol. The van der Waals surface area contributed by atoms with Gasteiger partial charge in [0.1, 0.15) is 18.0 Å². The number of carbonyl (C=O) groups excluding carboxylic acids is 1. The highest BCUT2D eigenvalue weighted by molar-refractivity contribution is 5.97. The van der Waals surface area contributed by atoms with E-state index in [0.29, 0.717) is 17.9 Å². The molecule has 1 amide bonds. The summed E-state index contributed by atoms with van der Waals surface area (Å²) in [6.07, 6.45) is 4.98. The van der Waals surface area contributed by atoms with E-state index in [0.717, 1.165) is 30.9 Å². The first-order valence-electron chi connectivity index (χ1n) is 9.26. The first-order chi connectivity index (χ1) is 13.1. The number of nitrogens with one attached hydrogen (secondary N) is 1. The molecule has 3 heterocycles. The number of amides is 1. The number of pyridine rings is 1. The van der Waals surface area contributed by atoms with Gasteiger partial charge in [0.15, 0.2) is 0 Å². The third kappa shape index (κ3) is 3.66. The highest BCUT2D eigenvalue weighted by Gasteiger charge is 2.25. The van der Waals surface area contributed by atoms with Gasteiger partial charge in [-0.05, 0) is 43.7 Å². The zero-order valence-corrected chi connectivity index (χ0v) is 15.7. The zero-order valence-electron chi connectivity index (χ0n) is 15.7. The van der Waals surface area contributed by atoms with Crippen LogP contribution in [0.3, 0.4) is 0 Å². The number of aromatic nitrogens is 2. The Hall–Kier alpha value is -2.86. The highest BCUT2D eigenvalue weighted by atomic mass is 16.5. The summed E-state index contributed by atoms with van der Waals surface area (Å²) in [4.78, 5) is 19.3. The molecule has 1 aliphatic heterocycles. The molecule has 0 aliphatic carbocycles. The van der Waals surface area contributed by atoms with Gasteiger partial charge in [0.25, 0.3) is 5.91 Å². The highest BCUT2D eigenvalue weighted by Crippen LogP contribution is 2.22. The molecule has 2 aromatic heterocycles. The van der Waals surface area contributed by atoms with Crippen molar-refractivity contribution in [2.75, 3.05) is 20.1 Å². The number of hydrogen-bond acceptors (Lipinski definition) is 4. The zero-order chi connectivity index (χ0) is 18.8. The second kappa shape index (κ2) is 7.40. The molecule has 1 saturated heterocycles. The maximum Gasteiger partial charge on any atom is 0.257 e. The topological polar surface area (TPSA) is 58.9 Å². The van der Waals surface area contributed by atoms with E-state index < -0.39 is 0 Å². The fourth-order valence-corrected chi connectivity index (χ4v) is 3.47. The number of carbonyl (C=O) groups is 1. The SMILES string of the molecule is Cc1ccc2nc(COc3ccccc3C(=O)N(C)C3CCNC3)cn2c1. The second-order valence-electron chi connectivity index (χ2n) is 7.05. The van der Waals surface area contributed by atoms with Crippen molar-refractivity contribution in [3.05, 3.63) is 65.6 Å². The van der Waals surface area contributed by atoms with Gasteiger partial charge >= 0.3 is 0 Å². The summed E-state index contributed by atoms with van der Waals surface area (Å²) in [5.41, 5.74) is 3.48. The van der Waals surface area contributed by atoms with Gasteiger partial charge in [-0.1, -0.05) is 18.2 Å². The average Bonchev–Trinajstić information content (AvgIpc) is 3.34. The van der Waals surface area contributed by atoms with E-state index in [-0.39, 0.29) is 11.9 Å². The molecule has 1 atom stereocenters. The summed E-state index contributed by atoms with van der Waals surface area (Å²) in [6.45, 7) is 4.16. The van der Waals surface area contributed by atoms with Crippen molar-refractivity contribution < 1.29 is 9.53 Å². The van der Waals surface area contributed by atoms with E-state index in [2.05, 4.69) is 10.3 Å². The lowest BCUT2D eigenvalue weighted by atomic mass is 10.1. The van der Waals surface area contributed by atoms with Crippen LogP contribution in [-0.4, -0.2) is 46.4 Å². The van der Waals surface area contributed by atoms with Crippen molar-refractivity contribution in [3.63, 3.8) is 0 Å². The van der Waals surface area contributed by atoms with Crippen LogP contribution >= 0.6 is 0 Å². The van der Waals surface area contributed by atoms with E-state index in [1.807, 2.05) is 72.1 Å². The molecule has 4 rings (SSSR count). The normalized spacial score (nSPS) is 16.6. The van der Waals surface area contributed by atoms with Crippen molar-refractivity contribution in [2.45, 2.75) is 26.0 Å². The molecule has 0 radical (unpaired) electrons. The standard InChI is InChI=1S/C21H24N4O2/c1-15-7-8-20-23-16(13-25(20)12-15)14-27-19-6-4-3-5-18(19)21(26)24(2)17-9-10-22-11-17/h3-8,12-13,17,22H,9-11,14H2,1-2H3. The molecular weight excluding hydrogens is 340 g/mol. The number of hydrogen-bond donors (Lipinski definition) is 1. The van der Waals surface area contributed by atoms with E-state index >= 15 is 0 Å². The Morgan fingerprint density at radius 2 is 2.15 bits per heavy atom. The van der Waals surface area contributed by atoms with Crippen LogP contribution in [0.2, 0.25) is 0 Å². The van der Waals surface area contributed by atoms with Gasteiger partial charge in [-0.15, -0.1) is 0 Å². The van der Waals surface area contributed by atoms with Crippen LogP contribution in [0.15, 0.2) is 48.8 Å². The third-order valence-corrected chi connectivity index (χ3v) is 5.04. The van der Waals surface area contributed by atoms with Gasteiger partial charge in [0.2, 0.25) is 0 Å². The number of nitrogens with zero attached hydrogens (tertiary/aromatic N) is 3. The summed E-state index contributed by atoms with van der Waals surface area (Å²) in [6, 6.07) is 11.7. The molecule has 0 bridgehead atoms. The van der Waals surface area contributed by atoms with Crippen molar-refractivity contribution in [2.24, 2.45) is 0 Å². The van der Waals surface area contributed by atoms with Gasteiger partial charge in [-0.2, -0.15) is 0 Å². The van der Waals surface area contributed by atoms with E-state index in [9.17, 15) is 4.79 Å². The molecule has 1 unspecified atom stereocenters. The van der Waals surface area contributed by atoms with Crippen LogP contribution in [0.25, 0.3) is 5.65 Å². The number of fused-ring (bicyclic) bond motifs is 1. The molecule has 0 saturated carbocycles. The van der Waals surface area contributed by atoms with Crippen LogP contribution in [0.1, 0.15) is 28.0 Å². The Morgan fingerprint density at radius 1 is 1.30 bits per heavy atom. The number of para-hydroxylation sites is 1. The van der Waals surface area contributed by atoms with E-state index in [1.165, 1.54) is 5.56 Å². The molecule has 6 heteroatoms. The van der Waals surface area contributed by atoms with Crippen LogP contribution in [0, 0.1) is 6.92 Å². The number of rotatable bonds is 5. The largest absolute Gasteiger partial charge is 0.486 e. The Labute approximate surface area is 158 Å². The molecule has 1 fully saturated rings. The first-order valence-corrected chi connectivity index (χ1v) is 9.26. The van der Waals surface area contributed by atoms with Gasteiger partial charge < -0.3 is 19.4 Å². The molecule has 6 nitrogen and oxygen atoms in total. The lowest BCUT2D eigenvalue weighted by Crippen LogP contribution is -2.38. The maximum atomic E-state index is 12.9. The summed E-state index contributed by atoms with van der Waals surface area (Å²) < 4.78 is 7.97. The Morgan fingerprint density at radius 3 is 2.96 bits per heavy atom. The summed E-state index contributed by atoms with van der Waals surface area (Å²) in [7, 11) is 1.86. The average molecular weight is 364 g/mol. The molecule has 27 heavy (non-hydrogen) atoms. The lowest BCUT2D eigenvalue weighted by molar-refractivity contribution is 0.0739. The molecule has 1 N–H and O–H groups in total. The Balaban J connectivity index is 1.51. The number of ether oxygens (including phenoxy) is 1. The number of likely N-dealkylation sites (N-methyl/N-ethyl adjacent to an activating group) is 1. The van der Waals surface area contributed by atoms with Gasteiger partial charge in [-0.3, -0.25) is 4.79 Å². The maximum absolute atomic E-state index is 12.9. The van der Waals surface area contributed by atoms with Crippen molar-refractivity contribution >= 4 is 11.6 Å². The predicted molar refractivity (Wildman–Crippen MR) is 104 cm³/mol. The lowest BCUT2D eigenvalue weighted by Gasteiger charge is -2.24. The molecule has 140 valence electrons. The quantitative estimate of drug-likeness (QED) is 0.756. The number of imidazole rings is 1. The minimum Gasteiger partial charge on any atom is -0.486 e. The fraction of sp³-hybridized carbons (Fsp3) is 0.333. The third-order valence-electron chi connectivity index (χ3n) is 5.04. The van der Waals surface area contributed by atoms with Crippen LogP contribution < -0.4 is 10.1 Å². The summed E-state index contributed by atoms with van der Waals surface area (Å²) in [5.74, 6) is 0.582. The van der Waals surface area contributed by atoms with Gasteiger partial charge in [0, 0.05) is 32.0 Å². The Bertz CT molecular complexity index is 960. The molecule has 1 aliphatic rings. The summed E-state index contributed by atoms with van der Waals surface area (Å²) in [5, 5.41) is 3.30. The number of aryl methyl sites for hydroxylation is 1. The van der Waals surface area contributed by atoms with Crippen molar-refractivity contribution in [1.82, 2.24) is 19.6 Å². The van der Waals surface area contributed by atoms with E-state index in [1.54, 1.807) is 0 Å². The minimum atomic E-state index is -0.00933. The second-order valence-corrected chi connectivity index (χ2v) is 7.05. The van der Waals surface area contributed by atoms with E-state index in [4.69, 9.17) is 4.74 Å². The van der Waals surface area contributed by atoms with Gasteiger partial charge in [0.05, 0.1) is 11.3 Å². The Kier molecular flexibility index (Phi) is 4.81. The molecule has 1 aromatic carbocycles.